The Balaban J connectivity index is 1.36. The predicted molar refractivity (Wildman–Crippen MR) is 158 cm³/mol. The Bertz CT molecular complexity index is 1870. The topological polar surface area (TPSA) is 121 Å². The molecule has 1 saturated heterocycles. The smallest absolute Gasteiger partial charge is 0.293 e. The van der Waals surface area contributed by atoms with Crippen molar-refractivity contribution < 1.29 is 22.9 Å². The standard InChI is InChI=1S/C30H25ClN4O6S/c1-19-5-11-22(12-6-19)42(40,41)33-15-13-32(14-16-33)28-23-3-2-4-24-27(23)25(17-26(28)35(38)39)30(37)34(29(24)36)18-20-7-9-21(31)10-8-20/h2-12,17H,13-16,18H2,1H3. The summed E-state index contributed by atoms with van der Waals surface area (Å²) in [5.74, 6) is -1.12. The molecule has 0 N–H and O–H groups in total. The van der Waals surface area contributed by atoms with Crippen molar-refractivity contribution in [2.24, 2.45) is 0 Å². The molecule has 0 unspecified atom stereocenters. The lowest BCUT2D eigenvalue weighted by Crippen LogP contribution is -2.49. The van der Waals surface area contributed by atoms with E-state index in [1.165, 1.54) is 10.4 Å². The van der Waals surface area contributed by atoms with Gasteiger partial charge in [-0.1, -0.05) is 53.6 Å². The molecule has 12 heteroatoms. The summed E-state index contributed by atoms with van der Waals surface area (Å²) in [6.45, 7) is 2.47. The van der Waals surface area contributed by atoms with Crippen LogP contribution in [0.3, 0.4) is 0 Å². The Morgan fingerprint density at radius 3 is 2.17 bits per heavy atom. The molecule has 0 aliphatic carbocycles. The number of carbonyl (C=O) groups excluding carboxylic acids is 2. The van der Waals surface area contributed by atoms with E-state index < -0.39 is 26.8 Å². The first kappa shape index (κ1) is 27.8. The maximum atomic E-state index is 13.6. The highest BCUT2D eigenvalue weighted by atomic mass is 35.5. The molecule has 0 bridgehead atoms. The molecule has 2 aliphatic rings. The van der Waals surface area contributed by atoms with Gasteiger partial charge in [-0.15, -0.1) is 0 Å². The van der Waals surface area contributed by atoms with Crippen LogP contribution in [0.4, 0.5) is 11.4 Å². The van der Waals surface area contributed by atoms with Crippen LogP contribution in [-0.4, -0.2) is 60.5 Å². The summed E-state index contributed by atoms with van der Waals surface area (Å²) in [5, 5.41) is 13.6. The van der Waals surface area contributed by atoms with Gasteiger partial charge < -0.3 is 4.90 Å². The zero-order chi connectivity index (χ0) is 29.8. The summed E-state index contributed by atoms with van der Waals surface area (Å²) in [5.41, 5.74) is 1.96. The second-order valence-corrected chi connectivity index (χ2v) is 12.7. The summed E-state index contributed by atoms with van der Waals surface area (Å²) < 4.78 is 27.8. The molecule has 0 atom stereocenters. The first-order chi connectivity index (χ1) is 20.1. The number of nitro groups is 1. The van der Waals surface area contributed by atoms with Gasteiger partial charge in [-0.3, -0.25) is 24.6 Å². The second kappa shape index (κ2) is 10.5. The Morgan fingerprint density at radius 1 is 0.881 bits per heavy atom. The van der Waals surface area contributed by atoms with Crippen LogP contribution in [0.2, 0.25) is 5.02 Å². The number of piperazine rings is 1. The average molecular weight is 605 g/mol. The summed E-state index contributed by atoms with van der Waals surface area (Å²) >= 11 is 5.97. The van der Waals surface area contributed by atoms with Crippen molar-refractivity contribution in [2.75, 3.05) is 31.1 Å². The molecule has 214 valence electrons. The number of sulfonamides is 1. The van der Waals surface area contributed by atoms with Gasteiger partial charge >= 0.3 is 0 Å². The maximum absolute atomic E-state index is 13.6. The number of hydrogen-bond donors (Lipinski definition) is 0. The molecule has 4 aromatic rings. The van der Waals surface area contributed by atoms with Gasteiger partial charge in [0.2, 0.25) is 10.0 Å². The van der Waals surface area contributed by atoms with Crippen molar-refractivity contribution in [2.45, 2.75) is 18.4 Å². The van der Waals surface area contributed by atoms with Crippen molar-refractivity contribution in [3.63, 3.8) is 0 Å². The third-order valence-electron chi connectivity index (χ3n) is 7.73. The minimum atomic E-state index is -3.74. The summed E-state index contributed by atoms with van der Waals surface area (Å²) in [7, 11) is -3.74. The molecule has 6 rings (SSSR count). The van der Waals surface area contributed by atoms with E-state index in [0.717, 1.165) is 10.5 Å². The molecular weight excluding hydrogens is 580 g/mol. The normalized spacial score (nSPS) is 15.9. The number of aryl methyl sites for hydroxylation is 1. The number of hydrogen-bond acceptors (Lipinski definition) is 7. The fourth-order valence-electron chi connectivity index (χ4n) is 5.58. The van der Waals surface area contributed by atoms with Gasteiger partial charge in [-0.2, -0.15) is 4.31 Å². The van der Waals surface area contributed by atoms with E-state index in [4.69, 9.17) is 11.6 Å². The quantitative estimate of drug-likeness (QED) is 0.172. The fourth-order valence-corrected chi connectivity index (χ4v) is 7.13. The fraction of sp³-hybridized carbons (Fsp3) is 0.200. The van der Waals surface area contributed by atoms with E-state index in [-0.39, 0.29) is 60.1 Å². The van der Waals surface area contributed by atoms with E-state index in [1.807, 2.05) is 6.92 Å². The number of rotatable bonds is 6. The highest BCUT2D eigenvalue weighted by Gasteiger charge is 2.38. The van der Waals surface area contributed by atoms with Crippen LogP contribution in [0.5, 0.6) is 0 Å². The van der Waals surface area contributed by atoms with E-state index in [0.29, 0.717) is 21.4 Å². The Kier molecular flexibility index (Phi) is 6.96. The number of halogens is 1. The molecule has 42 heavy (non-hydrogen) atoms. The van der Waals surface area contributed by atoms with Gasteiger partial charge in [0.05, 0.1) is 21.9 Å². The number of benzene rings is 4. The van der Waals surface area contributed by atoms with Gasteiger partial charge in [0, 0.05) is 53.6 Å². The number of nitrogens with zero attached hydrogens (tertiary/aromatic N) is 4. The summed E-state index contributed by atoms with van der Waals surface area (Å²) in [6.07, 6.45) is 0. The number of imide groups is 1. The lowest BCUT2D eigenvalue weighted by Gasteiger charge is -2.36. The van der Waals surface area contributed by atoms with Crippen molar-refractivity contribution in [1.82, 2.24) is 9.21 Å². The minimum absolute atomic E-state index is 0.0162. The highest BCUT2D eigenvalue weighted by molar-refractivity contribution is 7.89. The van der Waals surface area contributed by atoms with Gasteiger partial charge in [-0.25, -0.2) is 8.42 Å². The predicted octanol–water partition coefficient (Wildman–Crippen LogP) is 5.02. The number of nitro benzene ring substituents is 1. The minimum Gasteiger partial charge on any atom is -0.363 e. The summed E-state index contributed by atoms with van der Waals surface area (Å²) in [4.78, 5) is 42.0. The van der Waals surface area contributed by atoms with Gasteiger partial charge in [0.25, 0.3) is 17.5 Å². The lowest BCUT2D eigenvalue weighted by molar-refractivity contribution is -0.384. The Morgan fingerprint density at radius 2 is 1.52 bits per heavy atom. The van der Waals surface area contributed by atoms with E-state index in [2.05, 4.69) is 0 Å². The molecule has 1 fully saturated rings. The van der Waals surface area contributed by atoms with Crippen LogP contribution in [0.25, 0.3) is 10.8 Å². The van der Waals surface area contributed by atoms with Crippen molar-refractivity contribution in [1.29, 1.82) is 0 Å². The van der Waals surface area contributed by atoms with Crippen LogP contribution in [0.15, 0.2) is 77.7 Å². The zero-order valence-corrected chi connectivity index (χ0v) is 24.1. The van der Waals surface area contributed by atoms with Crippen LogP contribution < -0.4 is 4.90 Å². The van der Waals surface area contributed by atoms with E-state index in [1.54, 1.807) is 71.6 Å². The third kappa shape index (κ3) is 4.69. The van der Waals surface area contributed by atoms with Crippen LogP contribution in [-0.2, 0) is 16.6 Å². The molecule has 0 spiro atoms. The molecule has 10 nitrogen and oxygen atoms in total. The molecule has 2 amide bonds. The van der Waals surface area contributed by atoms with E-state index in [9.17, 15) is 28.1 Å². The first-order valence-corrected chi connectivity index (χ1v) is 15.0. The van der Waals surface area contributed by atoms with Crippen LogP contribution >= 0.6 is 11.6 Å². The number of anilines is 1. The second-order valence-electron chi connectivity index (χ2n) is 10.3. The lowest BCUT2D eigenvalue weighted by atomic mass is 9.91. The Hall–Kier alpha value is -4.32. The van der Waals surface area contributed by atoms with E-state index >= 15 is 0 Å². The monoisotopic (exact) mass is 604 g/mol. The van der Waals surface area contributed by atoms with Crippen molar-refractivity contribution in [3.8, 4) is 0 Å². The van der Waals surface area contributed by atoms with Crippen LogP contribution in [0.1, 0.15) is 31.8 Å². The Labute approximate surface area is 246 Å². The average Bonchev–Trinajstić information content (AvgIpc) is 2.98. The molecule has 4 aromatic carbocycles. The van der Waals surface area contributed by atoms with Gasteiger partial charge in [0.1, 0.15) is 5.69 Å². The third-order valence-corrected chi connectivity index (χ3v) is 9.89. The number of carbonyl (C=O) groups is 2. The van der Waals surface area contributed by atoms with Gasteiger partial charge in [0.15, 0.2) is 0 Å². The molecule has 0 radical (unpaired) electrons. The van der Waals surface area contributed by atoms with Crippen molar-refractivity contribution >= 4 is 55.6 Å². The van der Waals surface area contributed by atoms with Crippen molar-refractivity contribution in [3.05, 3.63) is 110 Å². The maximum Gasteiger partial charge on any atom is 0.293 e. The summed E-state index contributed by atoms with van der Waals surface area (Å²) in [6, 6.07) is 19.5. The highest BCUT2D eigenvalue weighted by Crippen LogP contribution is 2.43. The largest absolute Gasteiger partial charge is 0.363 e. The molecule has 0 aromatic heterocycles. The zero-order valence-electron chi connectivity index (χ0n) is 22.5. The SMILES string of the molecule is Cc1ccc(S(=O)(=O)N2CCN(c3c([N+](=O)[O-])cc4c5c(cccc35)C(=O)N(Cc3ccc(Cl)cc3)C4=O)CC2)cc1. The number of amides is 2. The van der Waals surface area contributed by atoms with Crippen LogP contribution in [0, 0.1) is 17.0 Å². The molecule has 0 saturated carbocycles. The first-order valence-electron chi connectivity index (χ1n) is 13.2. The molecule has 2 aliphatic heterocycles. The molecular formula is C30H25ClN4O6S. The van der Waals surface area contributed by atoms with Gasteiger partial charge in [-0.05, 0) is 42.8 Å². The molecule has 2 heterocycles.